The Morgan fingerprint density at radius 3 is 2.82 bits per heavy atom. The highest BCUT2D eigenvalue weighted by Gasteiger charge is 2.25. The highest BCUT2D eigenvalue weighted by atomic mass is 35.5. The second-order valence-corrected chi connectivity index (χ2v) is 5.93. The van der Waals surface area contributed by atoms with Gasteiger partial charge in [-0.15, -0.1) is 0 Å². The summed E-state index contributed by atoms with van der Waals surface area (Å²) in [5, 5.41) is 8.68. The van der Waals surface area contributed by atoms with Crippen LogP contribution in [0.5, 0.6) is 0 Å². The number of aromatic nitrogens is 1. The molecule has 1 aromatic rings. The standard InChI is InChI=1S/C10H12ClN3O2S/c1-8(3-5-12)14(2)17(15,16)9-4-6-13-10(11)7-9/h4,6-8H,3H2,1-2H3. The topological polar surface area (TPSA) is 74.1 Å². The van der Waals surface area contributed by atoms with Crippen LogP contribution in [0, 0.1) is 11.3 Å². The normalized spacial score (nSPS) is 13.4. The van der Waals surface area contributed by atoms with Gasteiger partial charge in [0.05, 0.1) is 17.4 Å². The van der Waals surface area contributed by atoms with Crippen LogP contribution in [0.25, 0.3) is 0 Å². The lowest BCUT2D eigenvalue weighted by atomic mass is 10.3. The lowest BCUT2D eigenvalue weighted by molar-refractivity contribution is 0.393. The van der Waals surface area contributed by atoms with Crippen molar-refractivity contribution in [2.24, 2.45) is 0 Å². The molecule has 0 saturated heterocycles. The molecular weight excluding hydrogens is 262 g/mol. The number of hydrogen-bond donors (Lipinski definition) is 0. The maximum Gasteiger partial charge on any atom is 0.243 e. The van der Waals surface area contributed by atoms with E-state index in [4.69, 9.17) is 16.9 Å². The molecule has 0 amide bonds. The third kappa shape index (κ3) is 3.16. The Balaban J connectivity index is 3.08. The minimum atomic E-state index is -3.63. The molecule has 0 aliphatic heterocycles. The maximum atomic E-state index is 12.1. The fraction of sp³-hybridized carbons (Fsp3) is 0.400. The quantitative estimate of drug-likeness (QED) is 0.782. The van der Waals surface area contributed by atoms with Crippen molar-refractivity contribution in [1.82, 2.24) is 9.29 Å². The highest BCUT2D eigenvalue weighted by molar-refractivity contribution is 7.89. The van der Waals surface area contributed by atoms with Gasteiger partial charge in [-0.3, -0.25) is 0 Å². The monoisotopic (exact) mass is 273 g/mol. The SMILES string of the molecule is CC(CC#N)N(C)S(=O)(=O)c1ccnc(Cl)c1. The van der Waals surface area contributed by atoms with Gasteiger partial charge in [0.25, 0.3) is 0 Å². The summed E-state index contributed by atoms with van der Waals surface area (Å²) in [6, 6.07) is 4.20. The predicted molar refractivity (Wildman–Crippen MR) is 63.9 cm³/mol. The van der Waals surface area contributed by atoms with Crippen molar-refractivity contribution in [1.29, 1.82) is 5.26 Å². The molecule has 0 fully saturated rings. The molecule has 0 bridgehead atoms. The maximum absolute atomic E-state index is 12.1. The summed E-state index contributed by atoms with van der Waals surface area (Å²) in [4.78, 5) is 3.80. The molecular formula is C10H12ClN3O2S. The van der Waals surface area contributed by atoms with E-state index in [2.05, 4.69) is 4.98 Å². The second kappa shape index (κ2) is 5.45. The first-order valence-corrected chi connectivity index (χ1v) is 6.68. The Kier molecular flexibility index (Phi) is 4.46. The molecule has 0 N–H and O–H groups in total. The third-order valence-electron chi connectivity index (χ3n) is 2.38. The fourth-order valence-corrected chi connectivity index (χ4v) is 2.82. The van der Waals surface area contributed by atoms with E-state index < -0.39 is 16.1 Å². The Hall–Kier alpha value is -1.16. The molecule has 0 radical (unpaired) electrons. The van der Waals surface area contributed by atoms with Gasteiger partial charge in [-0.05, 0) is 19.1 Å². The number of nitriles is 1. The first-order chi connectivity index (χ1) is 7.89. The van der Waals surface area contributed by atoms with Crippen molar-refractivity contribution in [2.75, 3.05) is 7.05 Å². The van der Waals surface area contributed by atoms with E-state index >= 15 is 0 Å². The van der Waals surface area contributed by atoms with Gasteiger partial charge in [0.15, 0.2) is 0 Å². The van der Waals surface area contributed by atoms with Gasteiger partial charge in [0, 0.05) is 19.3 Å². The lowest BCUT2D eigenvalue weighted by Crippen LogP contribution is -2.34. The molecule has 1 rings (SSSR count). The number of rotatable bonds is 4. The minimum absolute atomic E-state index is 0.0739. The van der Waals surface area contributed by atoms with Crippen LogP contribution < -0.4 is 0 Å². The van der Waals surface area contributed by atoms with E-state index in [1.807, 2.05) is 6.07 Å². The van der Waals surface area contributed by atoms with Crippen LogP contribution in [0.3, 0.4) is 0 Å². The van der Waals surface area contributed by atoms with Crippen molar-refractivity contribution in [2.45, 2.75) is 24.3 Å². The highest BCUT2D eigenvalue weighted by Crippen LogP contribution is 2.19. The molecule has 1 aromatic heterocycles. The molecule has 1 atom stereocenters. The Bertz CT molecular complexity index is 539. The smallest absolute Gasteiger partial charge is 0.243 e. The molecule has 0 saturated carbocycles. The van der Waals surface area contributed by atoms with Crippen molar-refractivity contribution in [3.8, 4) is 6.07 Å². The van der Waals surface area contributed by atoms with Crippen molar-refractivity contribution in [3.63, 3.8) is 0 Å². The van der Waals surface area contributed by atoms with E-state index in [9.17, 15) is 8.42 Å². The number of pyridine rings is 1. The van der Waals surface area contributed by atoms with Crippen LogP contribution in [-0.4, -0.2) is 30.8 Å². The molecule has 0 aliphatic carbocycles. The predicted octanol–water partition coefficient (Wildman–Crippen LogP) is 1.66. The summed E-state index contributed by atoms with van der Waals surface area (Å²) >= 11 is 5.65. The largest absolute Gasteiger partial charge is 0.244 e. The van der Waals surface area contributed by atoms with Crippen LogP contribution in [-0.2, 0) is 10.0 Å². The summed E-state index contributed by atoms with van der Waals surface area (Å²) in [5.41, 5.74) is 0. The van der Waals surface area contributed by atoms with E-state index in [0.29, 0.717) is 0 Å². The van der Waals surface area contributed by atoms with E-state index in [0.717, 1.165) is 4.31 Å². The fourth-order valence-electron chi connectivity index (χ4n) is 1.21. The van der Waals surface area contributed by atoms with E-state index in [1.165, 1.54) is 25.4 Å². The average molecular weight is 274 g/mol. The van der Waals surface area contributed by atoms with Gasteiger partial charge in [-0.25, -0.2) is 13.4 Å². The second-order valence-electron chi connectivity index (χ2n) is 3.55. The summed E-state index contributed by atoms with van der Waals surface area (Å²) in [6.45, 7) is 1.67. The van der Waals surface area contributed by atoms with Crippen molar-refractivity contribution >= 4 is 21.6 Å². The van der Waals surface area contributed by atoms with Crippen LogP contribution >= 0.6 is 11.6 Å². The third-order valence-corrected chi connectivity index (χ3v) is 4.56. The number of nitrogens with zero attached hydrogens (tertiary/aromatic N) is 3. The van der Waals surface area contributed by atoms with Gasteiger partial charge in [-0.1, -0.05) is 11.6 Å². The summed E-state index contributed by atoms with van der Waals surface area (Å²) in [5.74, 6) is 0. The number of halogens is 1. The molecule has 0 spiro atoms. The zero-order valence-electron chi connectivity index (χ0n) is 9.46. The molecule has 7 heteroatoms. The average Bonchev–Trinajstić information content (AvgIpc) is 2.28. The first-order valence-electron chi connectivity index (χ1n) is 4.86. The Morgan fingerprint density at radius 1 is 1.65 bits per heavy atom. The van der Waals surface area contributed by atoms with Gasteiger partial charge in [0.2, 0.25) is 10.0 Å². The number of sulfonamides is 1. The van der Waals surface area contributed by atoms with Crippen LogP contribution in [0.15, 0.2) is 23.2 Å². The zero-order chi connectivity index (χ0) is 13.1. The van der Waals surface area contributed by atoms with Crippen LogP contribution in [0.4, 0.5) is 0 Å². The van der Waals surface area contributed by atoms with Crippen molar-refractivity contribution in [3.05, 3.63) is 23.5 Å². The molecule has 0 aliphatic rings. The Labute approximate surface area is 106 Å². The molecule has 17 heavy (non-hydrogen) atoms. The van der Waals surface area contributed by atoms with E-state index in [-0.39, 0.29) is 16.5 Å². The molecule has 0 aromatic carbocycles. The number of hydrogen-bond acceptors (Lipinski definition) is 4. The van der Waals surface area contributed by atoms with Gasteiger partial charge < -0.3 is 0 Å². The van der Waals surface area contributed by atoms with Crippen molar-refractivity contribution < 1.29 is 8.42 Å². The molecule has 1 unspecified atom stereocenters. The molecule has 1 heterocycles. The van der Waals surface area contributed by atoms with E-state index in [1.54, 1.807) is 6.92 Å². The van der Waals surface area contributed by atoms with Crippen LogP contribution in [0.2, 0.25) is 5.15 Å². The van der Waals surface area contributed by atoms with Gasteiger partial charge in [0.1, 0.15) is 5.15 Å². The van der Waals surface area contributed by atoms with Crippen LogP contribution in [0.1, 0.15) is 13.3 Å². The summed E-state index contributed by atoms with van der Waals surface area (Å²) < 4.78 is 25.4. The molecule has 92 valence electrons. The Morgan fingerprint density at radius 2 is 2.29 bits per heavy atom. The zero-order valence-corrected chi connectivity index (χ0v) is 11.0. The van der Waals surface area contributed by atoms with Gasteiger partial charge in [-0.2, -0.15) is 9.57 Å². The lowest BCUT2D eigenvalue weighted by Gasteiger charge is -2.22. The first kappa shape index (κ1) is 13.9. The summed E-state index contributed by atoms with van der Waals surface area (Å²) in [7, 11) is -2.19. The van der Waals surface area contributed by atoms with Gasteiger partial charge >= 0.3 is 0 Å². The molecule has 5 nitrogen and oxygen atoms in total. The minimum Gasteiger partial charge on any atom is -0.244 e. The summed E-state index contributed by atoms with van der Waals surface area (Å²) in [6.07, 6.45) is 1.46.